The van der Waals surface area contributed by atoms with Gasteiger partial charge in [0.25, 0.3) is 5.56 Å². The fraction of sp³-hybridized carbons (Fsp3) is 0.133. The summed E-state index contributed by atoms with van der Waals surface area (Å²) in [6.45, 7) is -1.54. The largest absolute Gasteiger partial charge is 0.484 e. The van der Waals surface area contributed by atoms with Crippen LogP contribution in [-0.4, -0.2) is 39.9 Å². The molecule has 26 heavy (non-hydrogen) atoms. The van der Waals surface area contributed by atoms with Crippen molar-refractivity contribution in [3.8, 4) is 16.9 Å². The second-order valence-electron chi connectivity index (χ2n) is 5.03. The van der Waals surface area contributed by atoms with Gasteiger partial charge in [0, 0.05) is 5.56 Å². The molecule has 0 spiro atoms. The van der Waals surface area contributed by atoms with Crippen molar-refractivity contribution in [2.75, 3.05) is 12.3 Å². The molecule has 1 aromatic carbocycles. The number of alkyl halides is 3. The van der Waals surface area contributed by atoms with Gasteiger partial charge in [-0.3, -0.25) is 4.79 Å². The first-order chi connectivity index (χ1) is 12.0. The van der Waals surface area contributed by atoms with E-state index in [1.807, 2.05) is 4.98 Å². The van der Waals surface area contributed by atoms with Gasteiger partial charge in [0.1, 0.15) is 22.7 Å². The molecule has 0 fully saturated rings. The Bertz CT molecular complexity index is 919. The van der Waals surface area contributed by atoms with Gasteiger partial charge < -0.3 is 25.7 Å². The number of nitrogen functional groups attached to an aromatic ring is 1. The standard InChI is InChI=1S/C15H11F3N2O6/c16-15(17,18)5-26-7-3-1-6(2-4-7)8-9(13(22)23)11(19)20-12(21)10(8)14(24)25/h1-4H,5H2,(H,22,23)(H,24,25)(H3,19,20,21). The Kier molecular flexibility index (Phi) is 4.91. The molecule has 8 nitrogen and oxygen atoms in total. The van der Waals surface area contributed by atoms with Crippen molar-refractivity contribution in [1.82, 2.24) is 4.98 Å². The Morgan fingerprint density at radius 2 is 1.62 bits per heavy atom. The molecule has 0 amide bonds. The number of aromatic amines is 1. The molecule has 0 saturated carbocycles. The minimum Gasteiger partial charge on any atom is -0.484 e. The molecule has 2 rings (SSSR count). The molecule has 2 aromatic rings. The van der Waals surface area contributed by atoms with Crippen LogP contribution in [0.4, 0.5) is 19.0 Å². The molecule has 0 aliphatic rings. The van der Waals surface area contributed by atoms with Crippen LogP contribution < -0.4 is 16.0 Å². The molecule has 0 saturated heterocycles. The van der Waals surface area contributed by atoms with E-state index in [4.69, 9.17) is 5.73 Å². The van der Waals surface area contributed by atoms with Gasteiger partial charge in [-0.25, -0.2) is 9.59 Å². The van der Waals surface area contributed by atoms with E-state index in [2.05, 4.69) is 4.74 Å². The average Bonchev–Trinajstić information content (AvgIpc) is 2.51. The first-order valence-electron chi connectivity index (χ1n) is 6.83. The van der Waals surface area contributed by atoms with Gasteiger partial charge in [-0.05, 0) is 17.7 Å². The van der Waals surface area contributed by atoms with Crippen LogP contribution in [0.3, 0.4) is 0 Å². The fourth-order valence-electron chi connectivity index (χ4n) is 2.22. The second kappa shape index (κ2) is 6.78. The number of aromatic carboxylic acids is 2. The predicted molar refractivity (Wildman–Crippen MR) is 82.4 cm³/mol. The number of carboxylic acids is 2. The number of benzene rings is 1. The highest BCUT2D eigenvalue weighted by atomic mass is 19.4. The Balaban J connectivity index is 2.59. The quantitative estimate of drug-likeness (QED) is 0.628. The lowest BCUT2D eigenvalue weighted by molar-refractivity contribution is -0.153. The van der Waals surface area contributed by atoms with Gasteiger partial charge in [0.15, 0.2) is 6.61 Å². The second-order valence-corrected chi connectivity index (χ2v) is 5.03. The number of aromatic nitrogens is 1. The number of anilines is 1. The van der Waals surface area contributed by atoms with E-state index in [0.717, 1.165) is 24.3 Å². The van der Waals surface area contributed by atoms with Crippen LogP contribution in [-0.2, 0) is 0 Å². The maximum atomic E-state index is 12.2. The van der Waals surface area contributed by atoms with Gasteiger partial charge in [0.05, 0.1) is 0 Å². The highest BCUT2D eigenvalue weighted by molar-refractivity contribution is 6.07. The van der Waals surface area contributed by atoms with E-state index in [9.17, 15) is 37.8 Å². The summed E-state index contributed by atoms with van der Waals surface area (Å²) >= 11 is 0. The van der Waals surface area contributed by atoms with Gasteiger partial charge in [0.2, 0.25) is 0 Å². The molecule has 11 heteroatoms. The number of nitrogens with two attached hydrogens (primary N) is 1. The summed E-state index contributed by atoms with van der Waals surface area (Å²) < 4.78 is 41.0. The van der Waals surface area contributed by atoms with Gasteiger partial charge >= 0.3 is 18.1 Å². The number of ether oxygens (including phenoxy) is 1. The van der Waals surface area contributed by atoms with Crippen LogP contribution in [0.2, 0.25) is 0 Å². The molecule has 1 aromatic heterocycles. The summed E-state index contributed by atoms with van der Waals surface area (Å²) in [6.07, 6.45) is -4.55. The van der Waals surface area contributed by atoms with Crippen LogP contribution in [0.1, 0.15) is 20.7 Å². The van der Waals surface area contributed by atoms with E-state index >= 15 is 0 Å². The third kappa shape index (κ3) is 3.94. The minimum atomic E-state index is -4.55. The lowest BCUT2D eigenvalue weighted by atomic mass is 9.95. The highest BCUT2D eigenvalue weighted by Crippen LogP contribution is 2.30. The summed E-state index contributed by atoms with van der Waals surface area (Å²) in [5.41, 5.74) is 2.34. The zero-order valence-electron chi connectivity index (χ0n) is 12.8. The van der Waals surface area contributed by atoms with Crippen molar-refractivity contribution in [1.29, 1.82) is 0 Å². The Morgan fingerprint density at radius 3 is 2.08 bits per heavy atom. The van der Waals surface area contributed by atoms with Crippen molar-refractivity contribution in [3.63, 3.8) is 0 Å². The Labute approximate surface area is 142 Å². The van der Waals surface area contributed by atoms with E-state index in [1.54, 1.807) is 0 Å². The van der Waals surface area contributed by atoms with E-state index < -0.39 is 52.8 Å². The minimum absolute atomic E-state index is 0.0445. The average molecular weight is 372 g/mol. The molecular formula is C15H11F3N2O6. The van der Waals surface area contributed by atoms with Gasteiger partial charge in [-0.1, -0.05) is 12.1 Å². The molecule has 0 bridgehead atoms. The topological polar surface area (TPSA) is 143 Å². The zero-order chi connectivity index (χ0) is 19.6. The normalized spacial score (nSPS) is 11.2. The molecule has 5 N–H and O–H groups in total. The Hall–Kier alpha value is -3.50. The number of H-pyrrole nitrogens is 1. The van der Waals surface area contributed by atoms with Crippen molar-refractivity contribution in [2.45, 2.75) is 6.18 Å². The van der Waals surface area contributed by atoms with Crippen molar-refractivity contribution >= 4 is 17.8 Å². The smallest absolute Gasteiger partial charge is 0.422 e. The molecule has 0 aliphatic heterocycles. The fourth-order valence-corrected chi connectivity index (χ4v) is 2.22. The third-order valence-electron chi connectivity index (χ3n) is 3.22. The number of hydrogen-bond donors (Lipinski definition) is 4. The predicted octanol–water partition coefficient (Wildman–Crippen LogP) is 1.96. The summed E-state index contributed by atoms with van der Waals surface area (Å²) in [7, 11) is 0. The first kappa shape index (κ1) is 18.8. The third-order valence-corrected chi connectivity index (χ3v) is 3.22. The van der Waals surface area contributed by atoms with Gasteiger partial charge in [-0.15, -0.1) is 0 Å². The lowest BCUT2D eigenvalue weighted by Crippen LogP contribution is -2.24. The van der Waals surface area contributed by atoms with Crippen LogP contribution in [0.15, 0.2) is 29.1 Å². The van der Waals surface area contributed by atoms with Crippen LogP contribution in [0, 0.1) is 0 Å². The molecule has 1 heterocycles. The maximum absolute atomic E-state index is 12.2. The molecule has 0 radical (unpaired) electrons. The van der Waals surface area contributed by atoms with Crippen molar-refractivity contribution in [2.24, 2.45) is 0 Å². The molecular weight excluding hydrogens is 361 g/mol. The number of rotatable bonds is 5. The number of pyridine rings is 1. The number of halogens is 3. The zero-order valence-corrected chi connectivity index (χ0v) is 12.8. The highest BCUT2D eigenvalue weighted by Gasteiger charge is 2.29. The summed E-state index contributed by atoms with van der Waals surface area (Å²) in [5, 5.41) is 18.5. The molecule has 0 aliphatic carbocycles. The van der Waals surface area contributed by atoms with Crippen LogP contribution in [0.25, 0.3) is 11.1 Å². The maximum Gasteiger partial charge on any atom is 0.422 e. The van der Waals surface area contributed by atoms with Crippen molar-refractivity contribution in [3.05, 3.63) is 45.7 Å². The number of nitrogens with one attached hydrogen (secondary N) is 1. The molecule has 138 valence electrons. The number of hydrogen-bond acceptors (Lipinski definition) is 5. The van der Waals surface area contributed by atoms with Crippen LogP contribution in [0.5, 0.6) is 5.75 Å². The molecule has 0 atom stereocenters. The van der Waals surface area contributed by atoms with E-state index in [1.165, 1.54) is 0 Å². The van der Waals surface area contributed by atoms with E-state index in [0.29, 0.717) is 0 Å². The summed E-state index contributed by atoms with van der Waals surface area (Å²) in [5.74, 6) is -4.02. The van der Waals surface area contributed by atoms with Crippen LogP contribution >= 0.6 is 0 Å². The summed E-state index contributed by atoms with van der Waals surface area (Å²) in [6, 6.07) is 4.41. The van der Waals surface area contributed by atoms with E-state index in [-0.39, 0.29) is 11.3 Å². The van der Waals surface area contributed by atoms with Gasteiger partial charge in [-0.2, -0.15) is 13.2 Å². The Morgan fingerprint density at radius 1 is 1.08 bits per heavy atom. The number of carbonyl (C=O) groups is 2. The first-order valence-corrected chi connectivity index (χ1v) is 6.83. The number of carboxylic acid groups (broad SMARTS) is 2. The lowest BCUT2D eigenvalue weighted by Gasteiger charge is -2.13. The SMILES string of the molecule is Nc1[nH]c(=O)c(C(=O)O)c(-c2ccc(OCC(F)(F)F)cc2)c1C(=O)O. The molecule has 0 unspecified atom stereocenters. The van der Waals surface area contributed by atoms with Crippen molar-refractivity contribution < 1.29 is 37.7 Å². The monoisotopic (exact) mass is 372 g/mol. The summed E-state index contributed by atoms with van der Waals surface area (Å²) in [4.78, 5) is 36.6.